The van der Waals surface area contributed by atoms with Crippen molar-refractivity contribution in [2.45, 2.75) is 6.92 Å². The van der Waals surface area contributed by atoms with Crippen LogP contribution in [0.5, 0.6) is 11.5 Å². The lowest BCUT2D eigenvalue weighted by Gasteiger charge is -2.07. The Balaban J connectivity index is 2.31. The molecule has 0 aromatic heterocycles. The van der Waals surface area contributed by atoms with Crippen LogP contribution in [0, 0.1) is 24.6 Å². The van der Waals surface area contributed by atoms with Crippen LogP contribution in [0.25, 0.3) is 0 Å². The highest BCUT2D eigenvalue weighted by molar-refractivity contribution is 5.34. The predicted molar refractivity (Wildman–Crippen MR) is 56.4 cm³/mol. The van der Waals surface area contributed by atoms with Crippen LogP contribution in [0.15, 0.2) is 36.4 Å². The molecule has 16 heavy (non-hydrogen) atoms. The van der Waals surface area contributed by atoms with Gasteiger partial charge in [-0.3, -0.25) is 0 Å². The van der Waals surface area contributed by atoms with Crippen LogP contribution in [-0.2, 0) is 0 Å². The largest absolute Gasteiger partial charge is 0.454 e. The third-order valence-corrected chi connectivity index (χ3v) is 2.06. The standard InChI is InChI=1S/C13H9F2O/c1-9-4-2-5-10(8-9)16-12-7-3-6-11(14)13(12)15/h2-3,5-8H,1H3. The van der Waals surface area contributed by atoms with Crippen LogP contribution in [-0.4, -0.2) is 0 Å². The second-order valence-corrected chi connectivity index (χ2v) is 3.36. The van der Waals surface area contributed by atoms with Gasteiger partial charge in [-0.2, -0.15) is 4.39 Å². The Kier molecular flexibility index (Phi) is 2.86. The van der Waals surface area contributed by atoms with E-state index in [1.54, 1.807) is 18.2 Å². The Morgan fingerprint density at radius 1 is 1.19 bits per heavy atom. The molecule has 0 atom stereocenters. The van der Waals surface area contributed by atoms with Gasteiger partial charge >= 0.3 is 0 Å². The van der Waals surface area contributed by atoms with E-state index in [4.69, 9.17) is 4.74 Å². The summed E-state index contributed by atoms with van der Waals surface area (Å²) in [6, 6.07) is 11.8. The van der Waals surface area contributed by atoms with Crippen LogP contribution >= 0.6 is 0 Å². The summed E-state index contributed by atoms with van der Waals surface area (Å²) in [6.07, 6.45) is 0. The second kappa shape index (κ2) is 4.31. The highest BCUT2D eigenvalue weighted by Crippen LogP contribution is 2.25. The smallest absolute Gasteiger partial charge is 0.201 e. The first kappa shape index (κ1) is 10.6. The average molecular weight is 219 g/mol. The number of halogens is 2. The molecule has 0 saturated carbocycles. The topological polar surface area (TPSA) is 9.23 Å². The van der Waals surface area contributed by atoms with Gasteiger partial charge < -0.3 is 4.74 Å². The van der Waals surface area contributed by atoms with Crippen molar-refractivity contribution < 1.29 is 13.5 Å². The molecular weight excluding hydrogens is 210 g/mol. The zero-order valence-corrected chi connectivity index (χ0v) is 8.63. The molecule has 0 amide bonds. The minimum absolute atomic E-state index is 0.120. The zero-order chi connectivity index (χ0) is 11.5. The third-order valence-electron chi connectivity index (χ3n) is 2.06. The van der Waals surface area contributed by atoms with Gasteiger partial charge in [0.2, 0.25) is 5.82 Å². The van der Waals surface area contributed by atoms with Gasteiger partial charge in [0.15, 0.2) is 11.6 Å². The number of ether oxygens (including phenoxy) is 1. The summed E-state index contributed by atoms with van der Waals surface area (Å²) in [5, 5.41) is 0. The maximum atomic E-state index is 13.3. The molecule has 0 bridgehead atoms. The van der Waals surface area contributed by atoms with E-state index in [1.165, 1.54) is 12.1 Å². The van der Waals surface area contributed by atoms with E-state index >= 15 is 0 Å². The first-order valence-corrected chi connectivity index (χ1v) is 4.77. The molecule has 0 saturated heterocycles. The Morgan fingerprint density at radius 2 is 2.00 bits per heavy atom. The molecule has 0 aliphatic carbocycles. The molecule has 0 aliphatic heterocycles. The first-order chi connectivity index (χ1) is 7.66. The molecular formula is C13H9F2O. The molecule has 2 aromatic rings. The van der Waals surface area contributed by atoms with Gasteiger partial charge in [0, 0.05) is 0 Å². The molecule has 2 rings (SSSR count). The van der Waals surface area contributed by atoms with Crippen LogP contribution < -0.4 is 4.74 Å². The maximum absolute atomic E-state index is 13.3. The lowest BCUT2D eigenvalue weighted by atomic mass is 10.2. The van der Waals surface area contributed by atoms with Gasteiger partial charge in [0.05, 0.1) is 0 Å². The molecule has 1 nitrogen and oxygen atoms in total. The molecule has 0 unspecified atom stereocenters. The van der Waals surface area contributed by atoms with E-state index in [1.807, 2.05) is 6.92 Å². The van der Waals surface area contributed by atoms with Gasteiger partial charge in [-0.05, 0) is 42.8 Å². The quantitative estimate of drug-likeness (QED) is 0.745. The van der Waals surface area contributed by atoms with Crippen LogP contribution in [0.4, 0.5) is 8.78 Å². The van der Waals surface area contributed by atoms with Crippen molar-refractivity contribution >= 4 is 0 Å². The Hall–Kier alpha value is -1.90. The van der Waals surface area contributed by atoms with Crippen LogP contribution in [0.1, 0.15) is 5.56 Å². The molecule has 0 N–H and O–H groups in total. The zero-order valence-electron chi connectivity index (χ0n) is 8.63. The van der Waals surface area contributed by atoms with Crippen molar-refractivity contribution in [1.82, 2.24) is 0 Å². The first-order valence-electron chi connectivity index (χ1n) is 4.77. The van der Waals surface area contributed by atoms with Gasteiger partial charge in [0.25, 0.3) is 0 Å². The van der Waals surface area contributed by atoms with E-state index in [2.05, 4.69) is 6.07 Å². The normalized spacial score (nSPS) is 10.2. The molecule has 3 heteroatoms. The van der Waals surface area contributed by atoms with Crippen molar-refractivity contribution in [2.24, 2.45) is 0 Å². The summed E-state index contributed by atoms with van der Waals surface area (Å²) in [5.74, 6) is -1.56. The molecule has 0 fully saturated rings. The molecule has 0 heterocycles. The number of rotatable bonds is 2. The monoisotopic (exact) mass is 219 g/mol. The van der Waals surface area contributed by atoms with E-state index in [0.29, 0.717) is 5.75 Å². The lowest BCUT2D eigenvalue weighted by molar-refractivity contribution is 0.416. The van der Waals surface area contributed by atoms with Crippen molar-refractivity contribution in [1.29, 1.82) is 0 Å². The summed E-state index contributed by atoms with van der Waals surface area (Å²) in [6.45, 7) is 1.84. The number of aryl methyl sites for hydroxylation is 1. The SMILES string of the molecule is Cc1[c]ccc(Oc2cccc(F)c2F)c1. The Morgan fingerprint density at radius 3 is 2.75 bits per heavy atom. The fourth-order valence-electron chi connectivity index (χ4n) is 1.31. The third kappa shape index (κ3) is 2.19. The highest BCUT2D eigenvalue weighted by atomic mass is 19.2. The van der Waals surface area contributed by atoms with Crippen molar-refractivity contribution in [2.75, 3.05) is 0 Å². The predicted octanol–water partition coefficient (Wildman–Crippen LogP) is 3.87. The van der Waals surface area contributed by atoms with Gasteiger partial charge in [-0.1, -0.05) is 12.1 Å². The fourth-order valence-corrected chi connectivity index (χ4v) is 1.31. The van der Waals surface area contributed by atoms with E-state index in [-0.39, 0.29) is 5.75 Å². The number of benzene rings is 2. The average Bonchev–Trinajstić information content (AvgIpc) is 2.25. The van der Waals surface area contributed by atoms with Crippen molar-refractivity contribution in [3.05, 3.63) is 59.7 Å². The van der Waals surface area contributed by atoms with Gasteiger partial charge in [-0.15, -0.1) is 0 Å². The Labute approximate surface area is 92.3 Å². The second-order valence-electron chi connectivity index (χ2n) is 3.36. The fraction of sp³-hybridized carbons (Fsp3) is 0.0769. The van der Waals surface area contributed by atoms with Crippen LogP contribution in [0.2, 0.25) is 0 Å². The highest BCUT2D eigenvalue weighted by Gasteiger charge is 2.09. The molecule has 1 radical (unpaired) electrons. The molecule has 2 aromatic carbocycles. The van der Waals surface area contributed by atoms with E-state index < -0.39 is 11.6 Å². The lowest BCUT2D eigenvalue weighted by Crippen LogP contribution is -1.91. The summed E-state index contributed by atoms with van der Waals surface area (Å²) < 4.78 is 31.4. The summed E-state index contributed by atoms with van der Waals surface area (Å²) in [7, 11) is 0. The maximum Gasteiger partial charge on any atom is 0.201 e. The van der Waals surface area contributed by atoms with E-state index in [9.17, 15) is 8.78 Å². The summed E-state index contributed by atoms with van der Waals surface area (Å²) in [5.41, 5.74) is 0.870. The van der Waals surface area contributed by atoms with Crippen molar-refractivity contribution in [3.63, 3.8) is 0 Å². The Bertz CT molecular complexity index is 509. The number of hydrogen-bond acceptors (Lipinski definition) is 1. The van der Waals surface area contributed by atoms with Gasteiger partial charge in [0.1, 0.15) is 5.75 Å². The summed E-state index contributed by atoms with van der Waals surface area (Å²) >= 11 is 0. The number of hydrogen-bond donors (Lipinski definition) is 0. The molecule has 0 aliphatic rings. The van der Waals surface area contributed by atoms with Gasteiger partial charge in [-0.25, -0.2) is 4.39 Å². The molecule has 81 valence electrons. The minimum Gasteiger partial charge on any atom is -0.454 e. The summed E-state index contributed by atoms with van der Waals surface area (Å²) in [4.78, 5) is 0. The van der Waals surface area contributed by atoms with Crippen LogP contribution in [0.3, 0.4) is 0 Å². The molecule has 0 spiro atoms. The van der Waals surface area contributed by atoms with Crippen molar-refractivity contribution in [3.8, 4) is 11.5 Å². The van der Waals surface area contributed by atoms with E-state index in [0.717, 1.165) is 11.6 Å². The minimum atomic E-state index is -0.979.